The molecule has 1 amide bonds. The average molecular weight is 328 g/mol. The SMILES string of the molecule is CCN(CC)C(=O)c1cc(S(=O)(=O)Cl)c(Cl)cc1F. The van der Waals surface area contributed by atoms with Crippen LogP contribution in [-0.4, -0.2) is 32.3 Å². The standard InChI is InChI=1S/C11H12Cl2FNO3S/c1-3-15(4-2)11(16)7-5-10(19(13,17)18)8(12)6-9(7)14/h5-6H,3-4H2,1-2H3. The molecular formula is C11H12Cl2FNO3S. The number of halogens is 3. The molecule has 8 heteroatoms. The summed E-state index contributed by atoms with van der Waals surface area (Å²) in [6.45, 7) is 4.21. The van der Waals surface area contributed by atoms with Gasteiger partial charge in [0.25, 0.3) is 15.0 Å². The quantitative estimate of drug-likeness (QED) is 0.799. The third-order valence-corrected chi connectivity index (χ3v) is 4.35. The van der Waals surface area contributed by atoms with Gasteiger partial charge >= 0.3 is 0 Å². The van der Waals surface area contributed by atoms with E-state index in [1.165, 1.54) is 4.90 Å². The highest BCUT2D eigenvalue weighted by atomic mass is 35.7. The van der Waals surface area contributed by atoms with Gasteiger partial charge in [-0.05, 0) is 26.0 Å². The van der Waals surface area contributed by atoms with Crippen molar-refractivity contribution in [3.63, 3.8) is 0 Å². The normalized spacial score (nSPS) is 11.4. The maximum Gasteiger partial charge on any atom is 0.262 e. The van der Waals surface area contributed by atoms with Crippen LogP contribution in [0.4, 0.5) is 4.39 Å². The number of hydrogen-bond acceptors (Lipinski definition) is 3. The monoisotopic (exact) mass is 327 g/mol. The maximum absolute atomic E-state index is 13.7. The zero-order valence-electron chi connectivity index (χ0n) is 10.3. The Kier molecular flexibility index (Phi) is 5.18. The van der Waals surface area contributed by atoms with Crippen molar-refractivity contribution in [3.8, 4) is 0 Å². The Bertz CT molecular complexity index is 600. The number of amides is 1. The van der Waals surface area contributed by atoms with Crippen LogP contribution in [0.1, 0.15) is 24.2 Å². The molecule has 19 heavy (non-hydrogen) atoms. The fourth-order valence-corrected chi connectivity index (χ4v) is 3.07. The van der Waals surface area contributed by atoms with Crippen LogP contribution in [0.5, 0.6) is 0 Å². The number of nitrogens with zero attached hydrogens (tertiary/aromatic N) is 1. The van der Waals surface area contributed by atoms with E-state index < -0.39 is 25.7 Å². The van der Waals surface area contributed by atoms with E-state index in [1.807, 2.05) is 0 Å². The Morgan fingerprint density at radius 2 is 1.84 bits per heavy atom. The lowest BCUT2D eigenvalue weighted by molar-refractivity contribution is 0.0768. The molecule has 0 atom stereocenters. The molecule has 0 aliphatic carbocycles. The van der Waals surface area contributed by atoms with Gasteiger partial charge in [-0.2, -0.15) is 0 Å². The fraction of sp³-hybridized carbons (Fsp3) is 0.364. The minimum Gasteiger partial charge on any atom is -0.339 e. The van der Waals surface area contributed by atoms with Gasteiger partial charge in [-0.15, -0.1) is 0 Å². The van der Waals surface area contributed by atoms with Crippen LogP contribution in [-0.2, 0) is 9.05 Å². The minimum absolute atomic E-state index is 0.358. The molecular weight excluding hydrogens is 316 g/mol. The van der Waals surface area contributed by atoms with E-state index in [4.69, 9.17) is 22.3 Å². The lowest BCUT2D eigenvalue weighted by atomic mass is 10.2. The molecule has 0 aromatic heterocycles. The van der Waals surface area contributed by atoms with Crippen LogP contribution in [0.25, 0.3) is 0 Å². The molecule has 1 aromatic rings. The van der Waals surface area contributed by atoms with Crippen molar-refractivity contribution < 1.29 is 17.6 Å². The number of carbonyl (C=O) groups is 1. The van der Waals surface area contributed by atoms with Gasteiger partial charge in [0.05, 0.1) is 10.6 Å². The van der Waals surface area contributed by atoms with E-state index in [9.17, 15) is 17.6 Å². The van der Waals surface area contributed by atoms with E-state index >= 15 is 0 Å². The first kappa shape index (κ1) is 16.2. The van der Waals surface area contributed by atoms with Crippen LogP contribution in [0.2, 0.25) is 5.02 Å². The summed E-state index contributed by atoms with van der Waals surface area (Å²) in [5.74, 6) is -1.49. The molecule has 0 fully saturated rings. The molecule has 0 unspecified atom stereocenters. The van der Waals surface area contributed by atoms with Crippen molar-refractivity contribution in [2.24, 2.45) is 0 Å². The van der Waals surface area contributed by atoms with Gasteiger partial charge in [0, 0.05) is 23.8 Å². The third-order valence-electron chi connectivity index (χ3n) is 2.57. The second-order valence-electron chi connectivity index (χ2n) is 3.68. The Hall–Kier alpha value is -0.850. The molecule has 1 rings (SSSR count). The number of benzene rings is 1. The molecule has 106 valence electrons. The molecule has 4 nitrogen and oxygen atoms in total. The molecule has 0 N–H and O–H groups in total. The number of carbonyl (C=O) groups excluding carboxylic acids is 1. The van der Waals surface area contributed by atoms with Gasteiger partial charge in [-0.1, -0.05) is 11.6 Å². The molecule has 0 radical (unpaired) electrons. The lowest BCUT2D eigenvalue weighted by Crippen LogP contribution is -2.31. The summed E-state index contributed by atoms with van der Waals surface area (Å²) >= 11 is 5.61. The largest absolute Gasteiger partial charge is 0.339 e. The molecule has 0 heterocycles. The van der Waals surface area contributed by atoms with Crippen LogP contribution in [0.15, 0.2) is 17.0 Å². The zero-order valence-corrected chi connectivity index (χ0v) is 12.6. The molecule has 0 saturated heterocycles. The van der Waals surface area contributed by atoms with Crippen LogP contribution >= 0.6 is 22.3 Å². The van der Waals surface area contributed by atoms with Gasteiger partial charge < -0.3 is 4.90 Å². The zero-order chi connectivity index (χ0) is 14.8. The summed E-state index contributed by atoms with van der Waals surface area (Å²) in [7, 11) is 1.04. The van der Waals surface area contributed by atoms with Gasteiger partial charge in [-0.3, -0.25) is 4.79 Å². The van der Waals surface area contributed by atoms with Crippen LogP contribution < -0.4 is 0 Å². The Morgan fingerprint density at radius 3 is 2.26 bits per heavy atom. The van der Waals surface area contributed by atoms with E-state index in [2.05, 4.69) is 0 Å². The summed E-state index contributed by atoms with van der Waals surface area (Å²) in [6.07, 6.45) is 0. The smallest absolute Gasteiger partial charge is 0.262 e. The fourth-order valence-electron chi connectivity index (χ4n) is 1.56. The second kappa shape index (κ2) is 6.07. The third kappa shape index (κ3) is 3.58. The van der Waals surface area contributed by atoms with Crippen molar-refractivity contribution in [1.82, 2.24) is 4.90 Å². The predicted octanol–water partition coefficient (Wildman–Crippen LogP) is 2.89. The summed E-state index contributed by atoms with van der Waals surface area (Å²) in [5.41, 5.74) is -0.368. The Morgan fingerprint density at radius 1 is 1.32 bits per heavy atom. The Labute approximate surface area is 120 Å². The predicted molar refractivity (Wildman–Crippen MR) is 71.7 cm³/mol. The highest BCUT2D eigenvalue weighted by Crippen LogP contribution is 2.28. The van der Waals surface area contributed by atoms with Gasteiger partial charge in [0.15, 0.2) is 0 Å². The van der Waals surface area contributed by atoms with E-state index in [0.717, 1.165) is 12.1 Å². The molecule has 1 aromatic carbocycles. The summed E-state index contributed by atoms with van der Waals surface area (Å²) in [4.78, 5) is 12.9. The molecule has 0 aliphatic rings. The molecule has 0 saturated carbocycles. The Balaban J connectivity index is 3.41. The molecule has 0 spiro atoms. The topological polar surface area (TPSA) is 54.5 Å². The van der Waals surface area contributed by atoms with E-state index in [-0.39, 0.29) is 10.6 Å². The van der Waals surface area contributed by atoms with Crippen molar-refractivity contribution in [3.05, 3.63) is 28.5 Å². The lowest BCUT2D eigenvalue weighted by Gasteiger charge is -2.19. The highest BCUT2D eigenvalue weighted by Gasteiger charge is 2.23. The maximum atomic E-state index is 13.7. The number of rotatable bonds is 4. The summed E-state index contributed by atoms with van der Waals surface area (Å²) < 4.78 is 36.3. The molecule has 0 aliphatic heterocycles. The van der Waals surface area contributed by atoms with Crippen molar-refractivity contribution in [2.45, 2.75) is 18.7 Å². The minimum atomic E-state index is -4.14. The molecule has 0 bridgehead atoms. The first-order valence-electron chi connectivity index (χ1n) is 5.45. The van der Waals surface area contributed by atoms with E-state index in [1.54, 1.807) is 13.8 Å². The first-order valence-corrected chi connectivity index (χ1v) is 8.14. The van der Waals surface area contributed by atoms with Gasteiger partial charge in [0.1, 0.15) is 10.7 Å². The van der Waals surface area contributed by atoms with Crippen LogP contribution in [0, 0.1) is 5.82 Å². The average Bonchev–Trinajstić information content (AvgIpc) is 2.28. The second-order valence-corrected chi connectivity index (χ2v) is 6.62. The van der Waals surface area contributed by atoms with Crippen molar-refractivity contribution in [1.29, 1.82) is 0 Å². The summed E-state index contributed by atoms with van der Waals surface area (Å²) in [5, 5.41) is -0.358. The van der Waals surface area contributed by atoms with Gasteiger partial charge in [-0.25, -0.2) is 12.8 Å². The van der Waals surface area contributed by atoms with Crippen molar-refractivity contribution in [2.75, 3.05) is 13.1 Å². The highest BCUT2D eigenvalue weighted by molar-refractivity contribution is 8.13. The van der Waals surface area contributed by atoms with E-state index in [0.29, 0.717) is 13.1 Å². The van der Waals surface area contributed by atoms with Gasteiger partial charge in [0.2, 0.25) is 0 Å². The summed E-state index contributed by atoms with van der Waals surface area (Å²) in [6, 6.07) is 1.63. The number of hydrogen-bond donors (Lipinski definition) is 0. The first-order chi connectivity index (χ1) is 8.72. The van der Waals surface area contributed by atoms with Crippen LogP contribution in [0.3, 0.4) is 0 Å². The van der Waals surface area contributed by atoms with Crippen molar-refractivity contribution >= 4 is 37.2 Å².